The number of fused-ring (bicyclic) bond motifs is 8. The SMILES string of the molecule is Cc1nc2c3c4c(sc3n3c(=S)[nH]nc3n2n1)CCC[C@@H]4C. The fourth-order valence-electron chi connectivity index (χ4n) is 3.60. The largest absolute Gasteiger partial charge is 0.257 e. The van der Waals surface area contributed by atoms with Crippen molar-refractivity contribution in [3.8, 4) is 0 Å². The third-order valence-electron chi connectivity index (χ3n) is 4.52. The van der Waals surface area contributed by atoms with Gasteiger partial charge in [0.1, 0.15) is 10.7 Å². The summed E-state index contributed by atoms with van der Waals surface area (Å²) >= 11 is 7.28. The van der Waals surface area contributed by atoms with E-state index in [1.807, 2.05) is 27.2 Å². The number of aromatic amines is 1. The smallest absolute Gasteiger partial charge is 0.249 e. The van der Waals surface area contributed by atoms with Crippen molar-refractivity contribution in [2.24, 2.45) is 0 Å². The third-order valence-corrected chi connectivity index (χ3v) is 6.05. The Labute approximate surface area is 134 Å². The van der Waals surface area contributed by atoms with E-state index in [9.17, 15) is 0 Å². The van der Waals surface area contributed by atoms with Gasteiger partial charge in [0.25, 0.3) is 5.78 Å². The maximum atomic E-state index is 5.44. The second-order valence-corrected chi connectivity index (χ2v) is 7.44. The van der Waals surface area contributed by atoms with Gasteiger partial charge in [-0.25, -0.2) is 14.5 Å². The molecule has 1 aliphatic rings. The van der Waals surface area contributed by atoms with Gasteiger partial charge in [0.05, 0.1) is 5.39 Å². The van der Waals surface area contributed by atoms with E-state index in [0.29, 0.717) is 16.5 Å². The summed E-state index contributed by atoms with van der Waals surface area (Å²) in [5.74, 6) is 2.02. The van der Waals surface area contributed by atoms with Crippen molar-refractivity contribution < 1.29 is 0 Å². The molecule has 4 aromatic heterocycles. The van der Waals surface area contributed by atoms with Gasteiger partial charge in [0, 0.05) is 4.88 Å². The molecule has 1 aliphatic carbocycles. The van der Waals surface area contributed by atoms with Crippen LogP contribution in [-0.4, -0.2) is 29.2 Å². The van der Waals surface area contributed by atoms with Gasteiger partial charge in [-0.1, -0.05) is 6.92 Å². The summed E-state index contributed by atoms with van der Waals surface area (Å²) in [4.78, 5) is 7.28. The Morgan fingerprint density at radius 3 is 3.14 bits per heavy atom. The first-order valence-electron chi connectivity index (χ1n) is 7.43. The van der Waals surface area contributed by atoms with Crippen molar-refractivity contribution in [2.75, 3.05) is 0 Å². The number of H-pyrrole nitrogens is 1. The number of rotatable bonds is 0. The molecule has 0 radical (unpaired) electrons. The van der Waals surface area contributed by atoms with Crippen molar-refractivity contribution in [1.82, 2.24) is 29.2 Å². The van der Waals surface area contributed by atoms with E-state index in [1.165, 1.54) is 28.7 Å². The monoisotopic (exact) mass is 330 g/mol. The maximum absolute atomic E-state index is 5.44. The van der Waals surface area contributed by atoms with Crippen molar-refractivity contribution in [3.63, 3.8) is 0 Å². The average molecular weight is 330 g/mol. The van der Waals surface area contributed by atoms with E-state index >= 15 is 0 Å². The molecule has 0 aromatic carbocycles. The Morgan fingerprint density at radius 1 is 1.41 bits per heavy atom. The number of hydrogen-bond donors (Lipinski definition) is 1. The van der Waals surface area contributed by atoms with Crippen LogP contribution in [0.25, 0.3) is 21.6 Å². The number of thiophene rings is 1. The van der Waals surface area contributed by atoms with Crippen LogP contribution in [0.4, 0.5) is 0 Å². The highest BCUT2D eigenvalue weighted by molar-refractivity contribution is 7.71. The van der Waals surface area contributed by atoms with Crippen LogP contribution >= 0.6 is 23.6 Å². The fraction of sp³-hybridized carbons (Fsp3) is 0.429. The predicted molar refractivity (Wildman–Crippen MR) is 88.4 cm³/mol. The number of aryl methyl sites for hydroxylation is 2. The number of nitrogens with zero attached hydrogens (tertiary/aromatic N) is 5. The normalized spacial score (nSPS) is 18.5. The molecule has 0 unspecified atom stereocenters. The van der Waals surface area contributed by atoms with Crippen LogP contribution in [0.3, 0.4) is 0 Å². The second-order valence-electron chi connectivity index (χ2n) is 5.97. The zero-order valence-corrected chi connectivity index (χ0v) is 13.9. The first kappa shape index (κ1) is 12.7. The molecule has 1 N–H and O–H groups in total. The van der Waals surface area contributed by atoms with E-state index in [-0.39, 0.29) is 0 Å². The van der Waals surface area contributed by atoms with Crippen LogP contribution in [0.1, 0.15) is 41.9 Å². The predicted octanol–water partition coefficient (Wildman–Crippen LogP) is 3.40. The highest BCUT2D eigenvalue weighted by Gasteiger charge is 2.27. The van der Waals surface area contributed by atoms with Gasteiger partial charge in [-0.3, -0.25) is 0 Å². The first-order valence-corrected chi connectivity index (χ1v) is 8.65. The van der Waals surface area contributed by atoms with Gasteiger partial charge in [0.15, 0.2) is 5.65 Å². The van der Waals surface area contributed by atoms with Crippen LogP contribution in [0.2, 0.25) is 0 Å². The fourth-order valence-corrected chi connectivity index (χ4v) is 5.34. The van der Waals surface area contributed by atoms with Gasteiger partial charge in [-0.15, -0.1) is 21.5 Å². The molecule has 6 nitrogen and oxygen atoms in total. The number of hydrogen-bond acceptors (Lipinski definition) is 5. The lowest BCUT2D eigenvalue weighted by Gasteiger charge is -2.18. The summed E-state index contributed by atoms with van der Waals surface area (Å²) in [5.41, 5.74) is 2.34. The summed E-state index contributed by atoms with van der Waals surface area (Å²) in [6.07, 6.45) is 3.63. The minimum Gasteiger partial charge on any atom is -0.249 e. The molecule has 5 rings (SSSR count). The molecule has 0 amide bonds. The lowest BCUT2D eigenvalue weighted by Crippen LogP contribution is -2.05. The van der Waals surface area contributed by atoms with Gasteiger partial charge in [-0.2, -0.15) is 4.52 Å². The first-order chi connectivity index (χ1) is 10.6. The molecule has 4 aromatic rings. The van der Waals surface area contributed by atoms with Crippen molar-refractivity contribution in [1.29, 1.82) is 0 Å². The lowest BCUT2D eigenvalue weighted by atomic mass is 9.87. The molecular weight excluding hydrogens is 316 g/mol. The molecule has 8 heteroatoms. The highest BCUT2D eigenvalue weighted by atomic mass is 32.1. The molecule has 4 heterocycles. The molecule has 0 aliphatic heterocycles. The summed E-state index contributed by atoms with van der Waals surface area (Å²) in [7, 11) is 0. The molecule has 1 atom stereocenters. The zero-order valence-electron chi connectivity index (χ0n) is 12.3. The molecule has 0 saturated heterocycles. The Kier molecular flexibility index (Phi) is 2.39. The van der Waals surface area contributed by atoms with Gasteiger partial charge < -0.3 is 0 Å². The molecule has 0 bridgehead atoms. The zero-order chi connectivity index (χ0) is 15.0. The van der Waals surface area contributed by atoms with E-state index in [4.69, 9.17) is 12.2 Å². The molecular formula is C14H14N6S2. The number of nitrogens with one attached hydrogen (secondary N) is 1. The summed E-state index contributed by atoms with van der Waals surface area (Å²) in [6.45, 7) is 4.22. The van der Waals surface area contributed by atoms with Crippen molar-refractivity contribution in [3.05, 3.63) is 21.0 Å². The van der Waals surface area contributed by atoms with Gasteiger partial charge in [0.2, 0.25) is 4.77 Å². The Balaban J connectivity index is 2.15. The Hall–Kier alpha value is -1.80. The van der Waals surface area contributed by atoms with Crippen LogP contribution in [0.15, 0.2) is 0 Å². The van der Waals surface area contributed by atoms with Gasteiger partial charge in [-0.05, 0) is 49.9 Å². The minimum atomic E-state index is 0.553. The van der Waals surface area contributed by atoms with Crippen molar-refractivity contribution in [2.45, 2.75) is 39.0 Å². The molecule has 0 spiro atoms. The second kappa shape index (κ2) is 4.14. The van der Waals surface area contributed by atoms with E-state index < -0.39 is 0 Å². The van der Waals surface area contributed by atoms with E-state index in [0.717, 1.165) is 22.7 Å². The van der Waals surface area contributed by atoms with Gasteiger partial charge >= 0.3 is 0 Å². The molecule has 112 valence electrons. The van der Waals surface area contributed by atoms with Crippen LogP contribution < -0.4 is 0 Å². The van der Waals surface area contributed by atoms with Crippen LogP contribution in [0.5, 0.6) is 0 Å². The highest BCUT2D eigenvalue weighted by Crippen LogP contribution is 2.43. The lowest BCUT2D eigenvalue weighted by molar-refractivity contribution is 0.602. The summed E-state index contributed by atoms with van der Waals surface area (Å²) in [5, 5.41) is 13.0. The Bertz CT molecular complexity index is 1110. The molecule has 22 heavy (non-hydrogen) atoms. The summed E-state index contributed by atoms with van der Waals surface area (Å²) < 4.78 is 4.43. The molecule has 0 saturated carbocycles. The van der Waals surface area contributed by atoms with Crippen LogP contribution in [0, 0.1) is 11.7 Å². The summed E-state index contributed by atoms with van der Waals surface area (Å²) in [6, 6.07) is 0. The quantitative estimate of drug-likeness (QED) is 0.502. The van der Waals surface area contributed by atoms with E-state index in [2.05, 4.69) is 27.2 Å². The Morgan fingerprint density at radius 2 is 2.27 bits per heavy atom. The third kappa shape index (κ3) is 1.44. The molecule has 0 fully saturated rings. The van der Waals surface area contributed by atoms with Crippen molar-refractivity contribution >= 4 is 45.2 Å². The topological polar surface area (TPSA) is 63.3 Å². The number of aromatic nitrogens is 6. The van der Waals surface area contributed by atoms with Crippen LogP contribution in [-0.2, 0) is 6.42 Å². The van der Waals surface area contributed by atoms with E-state index in [1.54, 1.807) is 0 Å². The minimum absolute atomic E-state index is 0.553. The average Bonchev–Trinajstić information content (AvgIpc) is 3.13. The standard InChI is InChI=1S/C14H14N6S2/c1-6-4-3-5-8-9(6)10-11-15-7(2)18-20(11)13-16-17-14(21)19(13)12(10)22-8/h6H,3-5H2,1-2H3,(H,17,21)/t6-/m0/s1. The maximum Gasteiger partial charge on any atom is 0.257 e.